The van der Waals surface area contributed by atoms with Crippen molar-refractivity contribution in [3.8, 4) is 0 Å². The largest absolute Gasteiger partial charge is 0.324 e. The lowest BCUT2D eigenvalue weighted by molar-refractivity contribution is 0.0983. The molecule has 0 bridgehead atoms. The fourth-order valence-electron chi connectivity index (χ4n) is 2.62. The number of benzene rings is 2. The van der Waals surface area contributed by atoms with E-state index in [4.69, 9.17) is 11.6 Å². The summed E-state index contributed by atoms with van der Waals surface area (Å²) in [4.78, 5) is 23.2. The predicted molar refractivity (Wildman–Crippen MR) is 105 cm³/mol. The molecule has 1 aromatic heterocycles. The predicted octanol–water partition coefficient (Wildman–Crippen LogP) is 4.85. The van der Waals surface area contributed by atoms with Gasteiger partial charge in [-0.05, 0) is 55.8 Å². The fraction of sp³-hybridized carbons (Fsp3) is 0.150. The number of aryl methyl sites for hydroxylation is 1. The van der Waals surface area contributed by atoms with Crippen LogP contribution in [0, 0.1) is 6.92 Å². The third-order valence-electron chi connectivity index (χ3n) is 3.94. The van der Waals surface area contributed by atoms with E-state index in [0.717, 1.165) is 16.9 Å². The molecule has 2 aromatic carbocycles. The van der Waals surface area contributed by atoms with Crippen LogP contribution in [0.25, 0.3) is 0 Å². The number of hydrogen-bond donors (Lipinski definition) is 1. The van der Waals surface area contributed by atoms with Gasteiger partial charge in [-0.1, -0.05) is 29.8 Å². The zero-order valence-electron chi connectivity index (χ0n) is 14.6. The molecule has 0 saturated carbocycles. The van der Waals surface area contributed by atoms with Crippen molar-refractivity contribution in [2.24, 2.45) is 0 Å². The summed E-state index contributed by atoms with van der Waals surface area (Å²) >= 11 is 5.99. The molecule has 1 amide bonds. The summed E-state index contributed by atoms with van der Waals surface area (Å²) in [5, 5.41) is 3.81. The smallest absolute Gasteiger partial charge is 0.277 e. The van der Waals surface area contributed by atoms with Crippen molar-refractivity contribution in [3.63, 3.8) is 0 Å². The standard InChI is InChI=1S/C20H19ClN4O/c1-3-25(16-7-5-4-6-8-16)19(26)18-11-12-22-20(24-18)23-17-10-9-15(21)13-14(17)2/h4-13H,3H2,1-2H3,(H,22,23,24). The van der Waals surface area contributed by atoms with Gasteiger partial charge in [0.2, 0.25) is 5.95 Å². The van der Waals surface area contributed by atoms with Crippen LogP contribution >= 0.6 is 11.6 Å². The van der Waals surface area contributed by atoms with Crippen LogP contribution in [0.15, 0.2) is 60.8 Å². The first-order valence-corrected chi connectivity index (χ1v) is 8.69. The summed E-state index contributed by atoms with van der Waals surface area (Å²) in [5.74, 6) is 0.197. The molecule has 1 heterocycles. The lowest BCUT2D eigenvalue weighted by atomic mass is 10.2. The van der Waals surface area contributed by atoms with Gasteiger partial charge >= 0.3 is 0 Å². The van der Waals surface area contributed by atoms with Gasteiger partial charge in [-0.2, -0.15) is 0 Å². The van der Waals surface area contributed by atoms with Crippen LogP contribution in [-0.4, -0.2) is 22.4 Å². The van der Waals surface area contributed by atoms with Gasteiger partial charge in [0.05, 0.1) is 0 Å². The highest BCUT2D eigenvalue weighted by atomic mass is 35.5. The van der Waals surface area contributed by atoms with Crippen LogP contribution in [0.5, 0.6) is 0 Å². The molecule has 0 spiro atoms. The molecule has 0 aliphatic heterocycles. The van der Waals surface area contributed by atoms with Crippen molar-refractivity contribution in [2.75, 3.05) is 16.8 Å². The molecule has 3 rings (SSSR count). The summed E-state index contributed by atoms with van der Waals surface area (Å²) in [6.45, 7) is 4.42. The monoisotopic (exact) mass is 366 g/mol. The van der Waals surface area contributed by atoms with Crippen LogP contribution in [-0.2, 0) is 0 Å². The SMILES string of the molecule is CCN(C(=O)c1ccnc(Nc2ccc(Cl)cc2C)n1)c1ccccc1. The normalized spacial score (nSPS) is 10.4. The summed E-state index contributed by atoms with van der Waals surface area (Å²) in [5.41, 5.74) is 2.98. The van der Waals surface area contributed by atoms with Crippen molar-refractivity contribution in [2.45, 2.75) is 13.8 Å². The fourth-order valence-corrected chi connectivity index (χ4v) is 2.84. The minimum absolute atomic E-state index is 0.169. The number of rotatable bonds is 5. The van der Waals surface area contributed by atoms with Crippen LogP contribution in [0.3, 0.4) is 0 Å². The minimum Gasteiger partial charge on any atom is -0.324 e. The molecule has 132 valence electrons. The van der Waals surface area contributed by atoms with Gasteiger partial charge in [0.1, 0.15) is 5.69 Å². The highest BCUT2D eigenvalue weighted by Gasteiger charge is 2.18. The van der Waals surface area contributed by atoms with Crippen molar-refractivity contribution in [3.05, 3.63) is 77.1 Å². The molecule has 1 N–H and O–H groups in total. The van der Waals surface area contributed by atoms with Crippen LogP contribution in [0.4, 0.5) is 17.3 Å². The number of aromatic nitrogens is 2. The van der Waals surface area contributed by atoms with Crippen molar-refractivity contribution in [1.82, 2.24) is 9.97 Å². The zero-order valence-corrected chi connectivity index (χ0v) is 15.4. The van der Waals surface area contributed by atoms with Crippen molar-refractivity contribution < 1.29 is 4.79 Å². The van der Waals surface area contributed by atoms with Crippen molar-refractivity contribution >= 4 is 34.8 Å². The Morgan fingerprint density at radius 3 is 2.62 bits per heavy atom. The number of anilines is 3. The van der Waals surface area contributed by atoms with E-state index < -0.39 is 0 Å². The van der Waals surface area contributed by atoms with Gasteiger partial charge in [0.15, 0.2) is 0 Å². The Kier molecular flexibility index (Phi) is 5.49. The Balaban J connectivity index is 1.85. The first-order valence-electron chi connectivity index (χ1n) is 8.31. The number of para-hydroxylation sites is 1. The average molecular weight is 367 g/mol. The maximum atomic E-state index is 12.9. The Labute approximate surface area is 157 Å². The number of halogens is 1. The first-order chi connectivity index (χ1) is 12.6. The Hall–Kier alpha value is -2.92. The van der Waals surface area contributed by atoms with Crippen LogP contribution in [0.2, 0.25) is 5.02 Å². The van der Waals surface area contributed by atoms with Crippen LogP contribution < -0.4 is 10.2 Å². The summed E-state index contributed by atoms with van der Waals surface area (Å²) in [6, 6.07) is 16.7. The van der Waals surface area contributed by atoms with E-state index in [9.17, 15) is 4.79 Å². The number of hydrogen-bond acceptors (Lipinski definition) is 4. The number of amides is 1. The average Bonchev–Trinajstić information content (AvgIpc) is 2.66. The number of nitrogens with zero attached hydrogens (tertiary/aromatic N) is 3. The molecule has 0 radical (unpaired) electrons. The molecular weight excluding hydrogens is 348 g/mol. The third-order valence-corrected chi connectivity index (χ3v) is 4.17. The summed E-state index contributed by atoms with van der Waals surface area (Å²) in [7, 11) is 0. The molecule has 0 aliphatic rings. The Morgan fingerprint density at radius 2 is 1.92 bits per heavy atom. The van der Waals surface area contributed by atoms with Gasteiger partial charge in [0, 0.05) is 29.1 Å². The molecule has 0 fully saturated rings. The van der Waals surface area contributed by atoms with E-state index in [-0.39, 0.29) is 5.91 Å². The molecule has 0 aliphatic carbocycles. The van der Waals surface area contributed by atoms with Crippen molar-refractivity contribution in [1.29, 1.82) is 0 Å². The summed E-state index contributed by atoms with van der Waals surface area (Å²) in [6.07, 6.45) is 1.58. The van der Waals surface area contributed by atoms with E-state index in [0.29, 0.717) is 23.2 Å². The first kappa shape index (κ1) is 17.9. The third kappa shape index (κ3) is 4.00. The molecule has 6 heteroatoms. The molecule has 0 unspecified atom stereocenters. The van der Waals surface area contributed by atoms with E-state index in [1.165, 1.54) is 0 Å². The Morgan fingerprint density at radius 1 is 1.15 bits per heavy atom. The van der Waals surface area contributed by atoms with Gasteiger partial charge < -0.3 is 10.2 Å². The van der Waals surface area contributed by atoms with Crippen LogP contribution in [0.1, 0.15) is 23.0 Å². The minimum atomic E-state index is -0.169. The lowest BCUT2D eigenvalue weighted by Crippen LogP contribution is -2.31. The van der Waals surface area contributed by atoms with E-state index >= 15 is 0 Å². The quantitative estimate of drug-likeness (QED) is 0.701. The summed E-state index contributed by atoms with van der Waals surface area (Å²) < 4.78 is 0. The number of carbonyl (C=O) groups excluding carboxylic acids is 1. The second kappa shape index (κ2) is 7.97. The maximum absolute atomic E-state index is 12.9. The maximum Gasteiger partial charge on any atom is 0.277 e. The highest BCUT2D eigenvalue weighted by Crippen LogP contribution is 2.22. The van der Waals surface area contributed by atoms with Gasteiger partial charge in [-0.15, -0.1) is 0 Å². The molecule has 0 saturated heterocycles. The Bertz CT molecular complexity index is 915. The molecule has 3 aromatic rings. The van der Waals surface area contributed by atoms with E-state index in [2.05, 4.69) is 15.3 Å². The topological polar surface area (TPSA) is 58.1 Å². The zero-order chi connectivity index (χ0) is 18.5. The molecule has 0 atom stereocenters. The number of nitrogens with one attached hydrogen (secondary N) is 1. The molecule has 26 heavy (non-hydrogen) atoms. The highest BCUT2D eigenvalue weighted by molar-refractivity contribution is 6.30. The second-order valence-electron chi connectivity index (χ2n) is 5.73. The molecule has 5 nitrogen and oxygen atoms in total. The number of carbonyl (C=O) groups is 1. The van der Waals surface area contributed by atoms with Gasteiger partial charge in [-0.3, -0.25) is 4.79 Å². The van der Waals surface area contributed by atoms with Gasteiger partial charge in [-0.25, -0.2) is 9.97 Å². The lowest BCUT2D eigenvalue weighted by Gasteiger charge is -2.20. The van der Waals surface area contributed by atoms with Gasteiger partial charge in [0.25, 0.3) is 5.91 Å². The second-order valence-corrected chi connectivity index (χ2v) is 6.17. The molecular formula is C20H19ClN4O. The van der Waals surface area contributed by atoms with E-state index in [1.807, 2.05) is 56.3 Å². The van der Waals surface area contributed by atoms with E-state index in [1.54, 1.807) is 23.2 Å².